The van der Waals surface area contributed by atoms with E-state index in [1.165, 1.54) is 0 Å². The number of ether oxygens (including phenoxy) is 2. The number of hydrogen-bond donors (Lipinski definition) is 3. The topological polar surface area (TPSA) is 152 Å². The molecule has 3 N–H and O–H groups in total. The minimum atomic E-state index is -0.984. The van der Waals surface area contributed by atoms with Crippen LogP contribution in [0, 0.1) is 0 Å². The quantitative estimate of drug-likeness (QED) is 0.197. The predicted octanol–water partition coefficient (Wildman–Crippen LogP) is 5.06. The van der Waals surface area contributed by atoms with E-state index in [0.29, 0.717) is 17.4 Å². The number of carbonyl (C=O) groups is 4. The fourth-order valence-corrected chi connectivity index (χ4v) is 6.44. The van der Waals surface area contributed by atoms with Crippen LogP contribution >= 0.6 is 0 Å². The summed E-state index contributed by atoms with van der Waals surface area (Å²) < 4.78 is 12.1. The van der Waals surface area contributed by atoms with Crippen LogP contribution in [0.5, 0.6) is 17.4 Å². The molecule has 4 aromatic rings. The number of nitrogens with zero attached hydrogens (tertiary/aromatic N) is 3. The largest absolute Gasteiger partial charge is 0.490 e. The average molecular weight is 661 g/mol. The van der Waals surface area contributed by atoms with E-state index in [1.807, 2.05) is 24.3 Å². The highest BCUT2D eigenvalue weighted by Crippen LogP contribution is 2.36. The summed E-state index contributed by atoms with van der Waals surface area (Å²) in [6, 6.07) is 20.4. The predicted molar refractivity (Wildman–Crippen MR) is 181 cm³/mol. The number of piperidine rings is 1. The lowest BCUT2D eigenvalue weighted by molar-refractivity contribution is -0.136. The summed E-state index contributed by atoms with van der Waals surface area (Å²) >= 11 is 0. The van der Waals surface area contributed by atoms with Crippen molar-refractivity contribution in [1.29, 1.82) is 0 Å². The van der Waals surface area contributed by atoms with Crippen molar-refractivity contribution in [3.8, 4) is 17.4 Å². The maximum atomic E-state index is 13.2. The number of aromatic nitrogens is 2. The van der Waals surface area contributed by atoms with Crippen molar-refractivity contribution in [2.24, 2.45) is 0 Å². The number of imide groups is 2. The Kier molecular flexibility index (Phi) is 8.23. The Labute approximate surface area is 283 Å². The van der Waals surface area contributed by atoms with Gasteiger partial charge in [-0.1, -0.05) is 38.1 Å². The van der Waals surface area contributed by atoms with Crippen LogP contribution in [0.3, 0.4) is 0 Å². The number of hydrogen-bond acceptors (Lipinski definition) is 10. The van der Waals surface area contributed by atoms with Crippen LogP contribution in [0.25, 0.3) is 0 Å². The molecule has 4 amide bonds. The lowest BCUT2D eigenvalue weighted by Crippen LogP contribution is -2.54. The molecule has 2 aliphatic heterocycles. The summed E-state index contributed by atoms with van der Waals surface area (Å²) in [6.45, 7) is 4.36. The molecule has 1 atom stereocenters. The van der Waals surface area contributed by atoms with E-state index in [2.05, 4.69) is 64.0 Å². The van der Waals surface area contributed by atoms with Gasteiger partial charge in [-0.25, -0.2) is 9.97 Å². The SMILES string of the molecule is CNc1cnc(Oc2ccc(C(C)(C)c3ccc(OC4CC(Nc5ccc6c(c5)C(=O)N(C5CCC(=O)NC5=O)C6=O)C4)cc3)cc2)cn1. The summed E-state index contributed by atoms with van der Waals surface area (Å²) in [7, 11) is 1.78. The highest BCUT2D eigenvalue weighted by atomic mass is 16.5. The molecule has 250 valence electrons. The number of benzene rings is 3. The number of rotatable bonds is 10. The van der Waals surface area contributed by atoms with Crippen LogP contribution in [0.15, 0.2) is 79.1 Å². The first-order valence-corrected chi connectivity index (χ1v) is 16.3. The van der Waals surface area contributed by atoms with E-state index in [-0.39, 0.29) is 41.5 Å². The van der Waals surface area contributed by atoms with E-state index >= 15 is 0 Å². The second kappa shape index (κ2) is 12.7. The van der Waals surface area contributed by atoms with Crippen molar-refractivity contribution in [1.82, 2.24) is 20.2 Å². The van der Waals surface area contributed by atoms with E-state index in [1.54, 1.807) is 37.6 Å². The maximum absolute atomic E-state index is 13.2. The third-order valence-corrected chi connectivity index (χ3v) is 9.47. The van der Waals surface area contributed by atoms with Crippen LogP contribution in [0.4, 0.5) is 11.5 Å². The average Bonchev–Trinajstić information content (AvgIpc) is 3.33. The second-order valence-corrected chi connectivity index (χ2v) is 13.0. The van der Waals surface area contributed by atoms with Crippen LogP contribution in [-0.4, -0.2) is 63.7 Å². The van der Waals surface area contributed by atoms with Gasteiger partial charge in [-0.05, 0) is 60.0 Å². The third-order valence-electron chi connectivity index (χ3n) is 9.47. The van der Waals surface area contributed by atoms with Gasteiger partial charge in [-0.2, -0.15) is 0 Å². The number of anilines is 2. The van der Waals surface area contributed by atoms with Crippen LogP contribution in [0.1, 0.15) is 71.4 Å². The number of nitrogens with one attached hydrogen (secondary N) is 3. The zero-order valence-corrected chi connectivity index (χ0v) is 27.4. The van der Waals surface area contributed by atoms with Gasteiger partial charge in [-0.15, -0.1) is 0 Å². The summed E-state index contributed by atoms with van der Waals surface area (Å²) in [5.41, 5.74) is 3.27. The smallest absolute Gasteiger partial charge is 0.262 e. The monoisotopic (exact) mass is 660 g/mol. The number of amides is 4. The van der Waals surface area contributed by atoms with Crippen LogP contribution < -0.4 is 25.4 Å². The first-order valence-electron chi connectivity index (χ1n) is 16.3. The Morgan fingerprint density at radius 2 is 1.51 bits per heavy atom. The maximum Gasteiger partial charge on any atom is 0.262 e. The molecule has 1 aliphatic carbocycles. The van der Waals surface area contributed by atoms with Gasteiger partial charge in [0.25, 0.3) is 11.8 Å². The van der Waals surface area contributed by atoms with Gasteiger partial charge in [0.05, 0.1) is 23.5 Å². The normalized spacial score (nSPS) is 20.3. The van der Waals surface area contributed by atoms with E-state index < -0.39 is 29.7 Å². The zero-order chi connectivity index (χ0) is 34.3. The standard InChI is InChI=1S/C37H36N6O6/c1-37(2,22-6-11-26(12-7-22)49-33-20-39-31(38-3)19-40-33)21-4-9-25(10-5-21)48-27-16-24(17-27)41-23-8-13-28-29(18-23)36(47)43(35(28)46)30-14-15-32(44)42-34(30)45/h4-13,18-20,24,27,30,41H,14-17H2,1-3H3,(H,38,39)(H,42,44,45). The highest BCUT2D eigenvalue weighted by molar-refractivity contribution is 6.23. The number of fused-ring (bicyclic) bond motifs is 1. The van der Waals surface area contributed by atoms with E-state index in [9.17, 15) is 19.2 Å². The molecular weight excluding hydrogens is 624 g/mol. The van der Waals surface area contributed by atoms with Gasteiger partial charge in [0, 0.05) is 43.5 Å². The highest BCUT2D eigenvalue weighted by Gasteiger charge is 2.44. The van der Waals surface area contributed by atoms with Gasteiger partial charge in [0.1, 0.15) is 29.5 Å². The molecule has 3 aromatic carbocycles. The molecule has 1 unspecified atom stereocenters. The molecule has 7 rings (SSSR count). The Hall–Kier alpha value is -5.78. The van der Waals surface area contributed by atoms with Crippen molar-refractivity contribution in [3.63, 3.8) is 0 Å². The molecule has 0 radical (unpaired) electrons. The van der Waals surface area contributed by atoms with E-state index in [0.717, 1.165) is 40.3 Å². The molecule has 3 aliphatic rings. The van der Waals surface area contributed by atoms with Gasteiger partial charge < -0.3 is 20.1 Å². The van der Waals surface area contributed by atoms with Gasteiger partial charge in [0.2, 0.25) is 17.7 Å². The molecular formula is C37H36N6O6. The molecule has 1 saturated carbocycles. The summed E-state index contributed by atoms with van der Waals surface area (Å²) in [5.74, 6) is 0.514. The molecule has 2 fully saturated rings. The van der Waals surface area contributed by atoms with Gasteiger partial charge >= 0.3 is 0 Å². The second-order valence-electron chi connectivity index (χ2n) is 13.0. The summed E-state index contributed by atoms with van der Waals surface area (Å²) in [6.07, 6.45) is 5.00. The van der Waals surface area contributed by atoms with Crippen LogP contribution in [0.2, 0.25) is 0 Å². The number of carbonyl (C=O) groups excluding carboxylic acids is 4. The fourth-order valence-electron chi connectivity index (χ4n) is 6.44. The summed E-state index contributed by atoms with van der Waals surface area (Å²) in [5, 5.41) is 8.58. The molecule has 49 heavy (non-hydrogen) atoms. The Bertz CT molecular complexity index is 1920. The molecule has 0 spiro atoms. The third kappa shape index (κ3) is 6.29. The lowest BCUT2D eigenvalue weighted by Gasteiger charge is -2.36. The van der Waals surface area contributed by atoms with Crippen molar-refractivity contribution < 1.29 is 28.7 Å². The molecule has 1 saturated heterocycles. The minimum Gasteiger partial charge on any atom is -0.490 e. The minimum absolute atomic E-state index is 0.0451. The first kappa shape index (κ1) is 31.8. The van der Waals surface area contributed by atoms with Crippen molar-refractivity contribution in [3.05, 3.63) is 101 Å². The summed E-state index contributed by atoms with van der Waals surface area (Å²) in [4.78, 5) is 59.5. The van der Waals surface area contributed by atoms with Gasteiger partial charge in [0.15, 0.2) is 0 Å². The van der Waals surface area contributed by atoms with Gasteiger partial charge in [-0.3, -0.25) is 29.4 Å². The van der Waals surface area contributed by atoms with Crippen molar-refractivity contribution in [2.75, 3.05) is 17.7 Å². The Morgan fingerprint density at radius 3 is 2.14 bits per heavy atom. The first-order chi connectivity index (χ1) is 23.6. The fraction of sp³-hybridized carbons (Fsp3) is 0.297. The van der Waals surface area contributed by atoms with E-state index in [4.69, 9.17) is 9.47 Å². The Morgan fingerprint density at radius 1 is 0.837 bits per heavy atom. The molecule has 12 nitrogen and oxygen atoms in total. The molecule has 0 bridgehead atoms. The molecule has 3 heterocycles. The van der Waals surface area contributed by atoms with Crippen molar-refractivity contribution >= 4 is 35.1 Å². The Balaban J connectivity index is 0.913. The van der Waals surface area contributed by atoms with Crippen molar-refractivity contribution in [2.45, 2.75) is 63.1 Å². The zero-order valence-electron chi connectivity index (χ0n) is 27.4. The van der Waals surface area contributed by atoms with Crippen LogP contribution in [-0.2, 0) is 15.0 Å². The molecule has 12 heteroatoms. The lowest BCUT2D eigenvalue weighted by atomic mass is 9.78. The molecule has 1 aromatic heterocycles.